The molecule has 0 aromatic rings. The molecule has 0 radical (unpaired) electrons. The van der Waals surface area contributed by atoms with Crippen LogP contribution in [0, 0.1) is 5.41 Å². The zero-order valence-corrected chi connectivity index (χ0v) is 11.1. The van der Waals surface area contributed by atoms with E-state index in [0.29, 0.717) is 6.42 Å². The van der Waals surface area contributed by atoms with Crippen LogP contribution in [0.15, 0.2) is 0 Å². The van der Waals surface area contributed by atoms with E-state index >= 15 is 0 Å². The minimum absolute atomic E-state index is 0.0143. The molecule has 96 valence electrons. The Labute approximate surface area is 97.7 Å². The Balaban J connectivity index is 4.19. The average molecular weight is 250 g/mol. The SMILES string of the molecule is CCC(C)(CN)C(=O)NCCS(=O)(=O)CC. The number of nitrogens with one attached hydrogen (secondary N) is 1. The molecule has 0 aliphatic carbocycles. The van der Waals surface area contributed by atoms with Gasteiger partial charge in [-0.25, -0.2) is 8.42 Å². The zero-order valence-electron chi connectivity index (χ0n) is 10.2. The molecule has 5 nitrogen and oxygen atoms in total. The summed E-state index contributed by atoms with van der Waals surface area (Å²) < 4.78 is 22.4. The van der Waals surface area contributed by atoms with E-state index in [2.05, 4.69) is 5.32 Å². The Bertz CT molecular complexity index is 321. The van der Waals surface area contributed by atoms with Gasteiger partial charge in [-0.3, -0.25) is 4.79 Å². The summed E-state index contributed by atoms with van der Waals surface area (Å²) >= 11 is 0. The minimum atomic E-state index is -3.02. The van der Waals surface area contributed by atoms with Crippen LogP contribution in [0.4, 0.5) is 0 Å². The minimum Gasteiger partial charge on any atom is -0.355 e. The number of hydrogen-bond donors (Lipinski definition) is 2. The van der Waals surface area contributed by atoms with Crippen LogP contribution in [0.25, 0.3) is 0 Å². The van der Waals surface area contributed by atoms with Crippen LogP contribution in [0.3, 0.4) is 0 Å². The quantitative estimate of drug-likeness (QED) is 0.661. The Morgan fingerprint density at radius 2 is 1.94 bits per heavy atom. The molecule has 6 heteroatoms. The number of rotatable bonds is 7. The first-order valence-corrected chi connectivity index (χ1v) is 7.32. The fourth-order valence-electron chi connectivity index (χ4n) is 1.08. The van der Waals surface area contributed by atoms with Crippen molar-refractivity contribution in [3.8, 4) is 0 Å². The van der Waals surface area contributed by atoms with E-state index in [-0.39, 0.29) is 30.5 Å². The molecule has 0 aromatic heterocycles. The van der Waals surface area contributed by atoms with Gasteiger partial charge in [0, 0.05) is 18.8 Å². The first-order chi connectivity index (χ1) is 7.31. The van der Waals surface area contributed by atoms with E-state index in [4.69, 9.17) is 5.73 Å². The topological polar surface area (TPSA) is 89.3 Å². The first kappa shape index (κ1) is 15.4. The fraction of sp³-hybridized carbons (Fsp3) is 0.900. The number of amides is 1. The maximum atomic E-state index is 11.7. The molecule has 0 bridgehead atoms. The summed E-state index contributed by atoms with van der Waals surface area (Å²) in [5.74, 6) is -0.0893. The molecule has 3 N–H and O–H groups in total. The second-order valence-corrected chi connectivity index (χ2v) is 6.58. The lowest BCUT2D eigenvalue weighted by atomic mass is 9.87. The van der Waals surface area contributed by atoms with Crippen LogP contribution < -0.4 is 11.1 Å². The van der Waals surface area contributed by atoms with E-state index in [1.54, 1.807) is 13.8 Å². The number of carbonyl (C=O) groups excluding carboxylic acids is 1. The van der Waals surface area contributed by atoms with Gasteiger partial charge in [0.1, 0.15) is 0 Å². The second-order valence-electron chi connectivity index (χ2n) is 4.11. The number of nitrogens with two attached hydrogens (primary N) is 1. The van der Waals surface area contributed by atoms with Crippen LogP contribution >= 0.6 is 0 Å². The molecule has 0 aromatic carbocycles. The summed E-state index contributed by atoms with van der Waals surface area (Å²) in [7, 11) is -3.02. The molecule has 0 spiro atoms. The maximum absolute atomic E-state index is 11.7. The zero-order chi connectivity index (χ0) is 12.8. The molecule has 1 unspecified atom stereocenters. The normalized spacial score (nSPS) is 15.5. The smallest absolute Gasteiger partial charge is 0.227 e. The van der Waals surface area contributed by atoms with Crippen LogP contribution in [0.5, 0.6) is 0 Å². The largest absolute Gasteiger partial charge is 0.355 e. The van der Waals surface area contributed by atoms with Gasteiger partial charge in [-0.05, 0) is 13.3 Å². The van der Waals surface area contributed by atoms with Crippen molar-refractivity contribution in [1.29, 1.82) is 0 Å². The van der Waals surface area contributed by atoms with Crippen LogP contribution in [0.2, 0.25) is 0 Å². The predicted molar refractivity (Wildman–Crippen MR) is 64.8 cm³/mol. The Hall–Kier alpha value is -0.620. The average Bonchev–Trinajstić information content (AvgIpc) is 2.27. The van der Waals surface area contributed by atoms with E-state index in [1.807, 2.05) is 6.92 Å². The van der Waals surface area contributed by atoms with Crippen LogP contribution in [0.1, 0.15) is 27.2 Å². The standard InChI is InChI=1S/C10H22N2O3S/c1-4-10(3,8-11)9(13)12-6-7-16(14,15)5-2/h4-8,11H2,1-3H3,(H,12,13). The third kappa shape index (κ3) is 4.49. The molecular weight excluding hydrogens is 228 g/mol. The van der Waals surface area contributed by atoms with Gasteiger partial charge in [-0.2, -0.15) is 0 Å². The summed E-state index contributed by atoms with van der Waals surface area (Å²) in [6.45, 7) is 5.67. The van der Waals surface area contributed by atoms with Gasteiger partial charge in [0.15, 0.2) is 9.84 Å². The van der Waals surface area contributed by atoms with Gasteiger partial charge >= 0.3 is 0 Å². The van der Waals surface area contributed by atoms with Gasteiger partial charge in [0.25, 0.3) is 0 Å². The van der Waals surface area contributed by atoms with Crippen molar-refractivity contribution >= 4 is 15.7 Å². The summed E-state index contributed by atoms with van der Waals surface area (Å²) in [4.78, 5) is 11.7. The molecule has 0 rings (SSSR count). The van der Waals surface area contributed by atoms with E-state index < -0.39 is 15.3 Å². The van der Waals surface area contributed by atoms with Crippen molar-refractivity contribution in [2.75, 3.05) is 24.6 Å². The highest BCUT2D eigenvalue weighted by atomic mass is 32.2. The van der Waals surface area contributed by atoms with Gasteiger partial charge in [-0.1, -0.05) is 13.8 Å². The summed E-state index contributed by atoms with van der Waals surface area (Å²) in [5.41, 5.74) is 4.92. The molecular formula is C10H22N2O3S. The highest BCUT2D eigenvalue weighted by Crippen LogP contribution is 2.18. The highest BCUT2D eigenvalue weighted by molar-refractivity contribution is 7.91. The number of carbonyl (C=O) groups is 1. The van der Waals surface area contributed by atoms with Crippen molar-refractivity contribution in [3.05, 3.63) is 0 Å². The van der Waals surface area contributed by atoms with Gasteiger partial charge in [0.05, 0.1) is 11.2 Å². The highest BCUT2D eigenvalue weighted by Gasteiger charge is 2.29. The van der Waals surface area contributed by atoms with Crippen molar-refractivity contribution in [2.24, 2.45) is 11.1 Å². The fourth-order valence-corrected chi connectivity index (χ4v) is 1.78. The van der Waals surface area contributed by atoms with E-state index in [0.717, 1.165) is 0 Å². The predicted octanol–water partition coefficient (Wildman–Crippen LogP) is -0.0877. The van der Waals surface area contributed by atoms with Crippen molar-refractivity contribution in [1.82, 2.24) is 5.32 Å². The number of hydrogen-bond acceptors (Lipinski definition) is 4. The molecule has 0 aliphatic heterocycles. The Kier molecular flexibility index (Phi) is 5.96. The lowest BCUT2D eigenvalue weighted by Gasteiger charge is -2.24. The first-order valence-electron chi connectivity index (χ1n) is 5.50. The number of sulfone groups is 1. The summed E-state index contributed by atoms with van der Waals surface area (Å²) in [6, 6.07) is 0. The summed E-state index contributed by atoms with van der Waals surface area (Å²) in [5, 5.41) is 2.62. The molecule has 0 aliphatic rings. The summed E-state index contributed by atoms with van der Waals surface area (Å²) in [6.07, 6.45) is 0.635. The van der Waals surface area contributed by atoms with Crippen molar-refractivity contribution in [3.63, 3.8) is 0 Å². The van der Waals surface area contributed by atoms with Crippen molar-refractivity contribution in [2.45, 2.75) is 27.2 Å². The third-order valence-corrected chi connectivity index (χ3v) is 4.62. The van der Waals surface area contributed by atoms with Crippen LogP contribution in [-0.4, -0.2) is 38.9 Å². The molecule has 1 amide bonds. The molecule has 0 heterocycles. The molecule has 1 atom stereocenters. The lowest BCUT2D eigenvalue weighted by molar-refractivity contribution is -0.129. The monoisotopic (exact) mass is 250 g/mol. The van der Waals surface area contributed by atoms with Gasteiger partial charge in [-0.15, -0.1) is 0 Å². The van der Waals surface area contributed by atoms with Crippen LogP contribution in [-0.2, 0) is 14.6 Å². The molecule has 16 heavy (non-hydrogen) atoms. The van der Waals surface area contributed by atoms with E-state index in [9.17, 15) is 13.2 Å². The molecule has 0 fully saturated rings. The maximum Gasteiger partial charge on any atom is 0.227 e. The third-order valence-electron chi connectivity index (χ3n) is 2.92. The van der Waals surface area contributed by atoms with E-state index in [1.165, 1.54) is 0 Å². The molecule has 0 saturated heterocycles. The Morgan fingerprint density at radius 1 is 1.38 bits per heavy atom. The lowest BCUT2D eigenvalue weighted by Crippen LogP contribution is -2.44. The molecule has 0 saturated carbocycles. The second kappa shape index (κ2) is 6.20. The van der Waals surface area contributed by atoms with Gasteiger partial charge in [0.2, 0.25) is 5.91 Å². The van der Waals surface area contributed by atoms with Gasteiger partial charge < -0.3 is 11.1 Å². The Morgan fingerprint density at radius 3 is 2.31 bits per heavy atom. The van der Waals surface area contributed by atoms with Crippen molar-refractivity contribution < 1.29 is 13.2 Å².